The van der Waals surface area contributed by atoms with Gasteiger partial charge in [-0.15, -0.1) is 0 Å². The molecule has 6 nitrogen and oxygen atoms in total. The van der Waals surface area contributed by atoms with E-state index in [0.717, 1.165) is 0 Å². The smallest absolute Gasteiger partial charge is 0.282 e. The van der Waals surface area contributed by atoms with Crippen LogP contribution in [-0.4, -0.2) is 10.8 Å². The van der Waals surface area contributed by atoms with Gasteiger partial charge in [0.1, 0.15) is 5.56 Å². The number of anilines is 1. The number of hydrogen-bond acceptors (Lipinski definition) is 4. The largest absolute Gasteiger partial charge is 0.322 e. The predicted octanol–water partition coefficient (Wildman–Crippen LogP) is 3.37. The van der Waals surface area contributed by atoms with Crippen LogP contribution in [0.5, 0.6) is 0 Å². The molecule has 0 saturated carbocycles. The molecule has 0 unspecified atom stereocenters. The topological polar surface area (TPSA) is 96.0 Å². The molecular formula is C14H8ClN3O3. The molecule has 0 aromatic heterocycles. The molecule has 0 saturated heterocycles. The number of nitro groups is 1. The van der Waals surface area contributed by atoms with E-state index in [2.05, 4.69) is 5.32 Å². The Morgan fingerprint density at radius 2 is 2.05 bits per heavy atom. The van der Waals surface area contributed by atoms with E-state index < -0.39 is 10.8 Å². The normalized spacial score (nSPS) is 9.71. The van der Waals surface area contributed by atoms with E-state index in [9.17, 15) is 14.9 Å². The fraction of sp³-hybridized carbons (Fsp3) is 0. The van der Waals surface area contributed by atoms with Crippen LogP contribution in [-0.2, 0) is 0 Å². The van der Waals surface area contributed by atoms with E-state index in [1.54, 1.807) is 18.2 Å². The summed E-state index contributed by atoms with van der Waals surface area (Å²) in [5, 5.41) is 22.4. The zero-order valence-corrected chi connectivity index (χ0v) is 11.3. The Labute approximate surface area is 124 Å². The number of rotatable bonds is 3. The zero-order chi connectivity index (χ0) is 15.4. The molecule has 0 atom stereocenters. The summed E-state index contributed by atoms with van der Waals surface area (Å²) in [6, 6.07) is 11.9. The van der Waals surface area contributed by atoms with Gasteiger partial charge in [0.15, 0.2) is 0 Å². The second kappa shape index (κ2) is 6.03. The number of amides is 1. The second-order valence-corrected chi connectivity index (χ2v) is 4.50. The van der Waals surface area contributed by atoms with E-state index in [1.165, 1.54) is 24.3 Å². The fourth-order valence-corrected chi connectivity index (χ4v) is 1.89. The van der Waals surface area contributed by atoms with Crippen molar-refractivity contribution < 1.29 is 9.72 Å². The van der Waals surface area contributed by atoms with Crippen LogP contribution in [0.15, 0.2) is 42.5 Å². The average Bonchev–Trinajstić information content (AvgIpc) is 2.47. The Morgan fingerprint density at radius 3 is 2.71 bits per heavy atom. The molecule has 0 bridgehead atoms. The Kier molecular flexibility index (Phi) is 4.16. The molecule has 0 aliphatic carbocycles. The first-order chi connectivity index (χ1) is 10.0. The fourth-order valence-electron chi connectivity index (χ4n) is 1.71. The highest BCUT2D eigenvalue weighted by molar-refractivity contribution is 6.31. The molecule has 0 spiro atoms. The molecule has 7 heteroatoms. The number of nitriles is 1. The van der Waals surface area contributed by atoms with Crippen LogP contribution >= 0.6 is 11.6 Å². The minimum atomic E-state index is -0.667. The zero-order valence-electron chi connectivity index (χ0n) is 10.5. The lowest BCUT2D eigenvalue weighted by Crippen LogP contribution is -2.14. The number of halogens is 1. The van der Waals surface area contributed by atoms with Crippen molar-refractivity contribution in [2.75, 3.05) is 5.32 Å². The number of nitrogens with one attached hydrogen (secondary N) is 1. The summed E-state index contributed by atoms with van der Waals surface area (Å²) in [7, 11) is 0. The third-order valence-corrected chi connectivity index (χ3v) is 2.88. The monoisotopic (exact) mass is 301 g/mol. The van der Waals surface area contributed by atoms with Crippen LogP contribution in [0, 0.1) is 21.4 Å². The van der Waals surface area contributed by atoms with Crippen LogP contribution in [0.25, 0.3) is 0 Å². The van der Waals surface area contributed by atoms with Gasteiger partial charge in [0, 0.05) is 16.8 Å². The van der Waals surface area contributed by atoms with Gasteiger partial charge < -0.3 is 5.32 Å². The van der Waals surface area contributed by atoms with Crippen molar-refractivity contribution in [2.24, 2.45) is 0 Å². The molecule has 104 valence electrons. The van der Waals surface area contributed by atoms with Gasteiger partial charge in [0.25, 0.3) is 11.6 Å². The summed E-state index contributed by atoms with van der Waals surface area (Å²) in [6.45, 7) is 0. The van der Waals surface area contributed by atoms with Gasteiger partial charge in [-0.3, -0.25) is 14.9 Å². The standard InChI is InChI=1S/C14H8ClN3O3/c15-10-4-5-13(18(20)21)12(7-10)14(19)17-11-3-1-2-9(6-11)8-16/h1-7H,(H,17,19). The number of carbonyl (C=O) groups is 1. The molecule has 1 N–H and O–H groups in total. The lowest BCUT2D eigenvalue weighted by Gasteiger charge is -2.06. The molecule has 0 aliphatic heterocycles. The Morgan fingerprint density at radius 1 is 1.29 bits per heavy atom. The second-order valence-electron chi connectivity index (χ2n) is 4.07. The Bertz CT molecular complexity index is 768. The highest BCUT2D eigenvalue weighted by atomic mass is 35.5. The summed E-state index contributed by atoms with van der Waals surface area (Å²) >= 11 is 5.77. The number of nitrogens with zero attached hydrogens (tertiary/aromatic N) is 2. The Balaban J connectivity index is 2.34. The van der Waals surface area contributed by atoms with E-state index in [-0.39, 0.29) is 16.3 Å². The van der Waals surface area contributed by atoms with Crippen LogP contribution < -0.4 is 5.32 Å². The van der Waals surface area contributed by atoms with Crippen molar-refractivity contribution >= 4 is 28.9 Å². The number of benzene rings is 2. The SMILES string of the molecule is N#Cc1cccc(NC(=O)c2cc(Cl)ccc2[N+](=O)[O-])c1. The lowest BCUT2D eigenvalue weighted by atomic mass is 10.1. The summed E-state index contributed by atoms with van der Waals surface area (Å²) in [4.78, 5) is 22.4. The summed E-state index contributed by atoms with van der Waals surface area (Å²) in [5.41, 5.74) is 0.255. The molecule has 2 aromatic rings. The van der Waals surface area contributed by atoms with Gasteiger partial charge in [0.2, 0.25) is 0 Å². The van der Waals surface area contributed by atoms with Gasteiger partial charge in [0.05, 0.1) is 16.6 Å². The highest BCUT2D eigenvalue weighted by Gasteiger charge is 2.20. The molecule has 1 amide bonds. The van der Waals surface area contributed by atoms with Crippen LogP contribution in [0.2, 0.25) is 5.02 Å². The predicted molar refractivity (Wildman–Crippen MR) is 77.2 cm³/mol. The Hall–Kier alpha value is -2.91. The first-order valence-electron chi connectivity index (χ1n) is 5.76. The van der Waals surface area contributed by atoms with Crippen molar-refractivity contribution in [1.29, 1.82) is 5.26 Å². The summed E-state index contributed by atoms with van der Waals surface area (Å²) in [5.74, 6) is -0.667. The van der Waals surface area contributed by atoms with Gasteiger partial charge in [-0.25, -0.2) is 0 Å². The number of nitro benzene ring substituents is 1. The van der Waals surface area contributed by atoms with Crippen LogP contribution in [0.4, 0.5) is 11.4 Å². The van der Waals surface area contributed by atoms with Crippen LogP contribution in [0.1, 0.15) is 15.9 Å². The molecule has 0 aliphatic rings. The van der Waals surface area contributed by atoms with Gasteiger partial charge in [-0.1, -0.05) is 17.7 Å². The maximum atomic E-state index is 12.1. The maximum Gasteiger partial charge on any atom is 0.282 e. The van der Waals surface area contributed by atoms with Crippen molar-refractivity contribution in [1.82, 2.24) is 0 Å². The first kappa shape index (κ1) is 14.5. The first-order valence-corrected chi connectivity index (χ1v) is 6.14. The van der Waals surface area contributed by atoms with E-state index in [1.807, 2.05) is 6.07 Å². The number of hydrogen-bond donors (Lipinski definition) is 1. The summed E-state index contributed by atoms with van der Waals surface area (Å²) in [6.07, 6.45) is 0. The molecule has 0 heterocycles. The molecule has 2 rings (SSSR count). The van der Waals surface area contributed by atoms with E-state index >= 15 is 0 Å². The number of carbonyl (C=O) groups excluding carboxylic acids is 1. The van der Waals surface area contributed by atoms with E-state index in [4.69, 9.17) is 16.9 Å². The third-order valence-electron chi connectivity index (χ3n) is 2.65. The third kappa shape index (κ3) is 3.35. The molecule has 2 aromatic carbocycles. The molecule has 0 fully saturated rings. The lowest BCUT2D eigenvalue weighted by molar-refractivity contribution is -0.385. The molecular weight excluding hydrogens is 294 g/mol. The molecule has 0 radical (unpaired) electrons. The van der Waals surface area contributed by atoms with Crippen molar-refractivity contribution in [3.63, 3.8) is 0 Å². The summed E-state index contributed by atoms with van der Waals surface area (Å²) < 4.78 is 0. The highest BCUT2D eigenvalue weighted by Crippen LogP contribution is 2.24. The van der Waals surface area contributed by atoms with E-state index in [0.29, 0.717) is 11.3 Å². The van der Waals surface area contributed by atoms with Gasteiger partial charge >= 0.3 is 0 Å². The van der Waals surface area contributed by atoms with Crippen molar-refractivity contribution in [2.45, 2.75) is 0 Å². The molecule has 21 heavy (non-hydrogen) atoms. The van der Waals surface area contributed by atoms with Crippen molar-refractivity contribution in [3.8, 4) is 6.07 Å². The van der Waals surface area contributed by atoms with Crippen LogP contribution in [0.3, 0.4) is 0 Å². The average molecular weight is 302 g/mol. The quantitative estimate of drug-likeness (QED) is 0.694. The van der Waals surface area contributed by atoms with Crippen molar-refractivity contribution in [3.05, 3.63) is 68.7 Å². The maximum absolute atomic E-state index is 12.1. The van der Waals surface area contributed by atoms with Gasteiger partial charge in [-0.05, 0) is 30.3 Å². The minimum Gasteiger partial charge on any atom is -0.322 e. The van der Waals surface area contributed by atoms with Gasteiger partial charge in [-0.2, -0.15) is 5.26 Å². The minimum absolute atomic E-state index is 0.144.